The van der Waals surface area contributed by atoms with Crippen LogP contribution in [0.1, 0.15) is 42.9 Å². The highest BCUT2D eigenvalue weighted by atomic mass is 16.2. The third kappa shape index (κ3) is 4.09. The Balaban J connectivity index is 1.53. The van der Waals surface area contributed by atoms with E-state index in [9.17, 15) is 4.79 Å². The van der Waals surface area contributed by atoms with E-state index in [0.717, 1.165) is 68.8 Å². The molecule has 1 atom stereocenters. The van der Waals surface area contributed by atoms with Gasteiger partial charge >= 0.3 is 0 Å². The molecular formula is C23H30N4O. The molecule has 3 heterocycles. The van der Waals surface area contributed by atoms with Crippen LogP contribution in [0.15, 0.2) is 36.7 Å². The molecule has 2 aromatic rings. The summed E-state index contributed by atoms with van der Waals surface area (Å²) < 4.78 is 0. The van der Waals surface area contributed by atoms with Crippen molar-refractivity contribution in [1.29, 1.82) is 0 Å². The Kier molecular flexibility index (Phi) is 5.72. The van der Waals surface area contributed by atoms with Crippen LogP contribution in [-0.2, 0) is 4.79 Å². The summed E-state index contributed by atoms with van der Waals surface area (Å²) in [5.74, 6) is 0.792. The lowest BCUT2D eigenvalue weighted by Gasteiger charge is -2.37. The molecule has 5 heteroatoms. The zero-order valence-electron chi connectivity index (χ0n) is 17.0. The summed E-state index contributed by atoms with van der Waals surface area (Å²) in [5.41, 5.74) is 4.33. The normalized spacial score (nSPS) is 21.6. The number of nitrogens with zero attached hydrogens (tertiary/aromatic N) is 4. The van der Waals surface area contributed by atoms with Crippen LogP contribution in [0.5, 0.6) is 0 Å². The van der Waals surface area contributed by atoms with Crippen molar-refractivity contribution in [2.45, 2.75) is 38.5 Å². The first kappa shape index (κ1) is 19.1. The topological polar surface area (TPSA) is 49.3 Å². The van der Waals surface area contributed by atoms with Gasteiger partial charge in [-0.15, -0.1) is 0 Å². The predicted molar refractivity (Wildman–Crippen MR) is 111 cm³/mol. The monoisotopic (exact) mass is 378 g/mol. The number of carbonyl (C=O) groups excluding carboxylic acids is 1. The first-order chi connectivity index (χ1) is 13.6. The summed E-state index contributed by atoms with van der Waals surface area (Å²) in [7, 11) is 2.14. The third-order valence-electron chi connectivity index (χ3n) is 6.21. The molecule has 0 spiro atoms. The molecule has 0 bridgehead atoms. The number of benzene rings is 1. The van der Waals surface area contributed by atoms with Crippen molar-refractivity contribution < 1.29 is 4.79 Å². The zero-order valence-corrected chi connectivity index (χ0v) is 17.0. The number of amides is 1. The molecule has 5 nitrogen and oxygen atoms in total. The first-order valence-electron chi connectivity index (χ1n) is 10.5. The van der Waals surface area contributed by atoms with Crippen molar-refractivity contribution in [2.24, 2.45) is 5.92 Å². The van der Waals surface area contributed by atoms with Gasteiger partial charge in [-0.3, -0.25) is 14.8 Å². The number of aryl methyl sites for hydroxylation is 1. The lowest BCUT2D eigenvalue weighted by Crippen LogP contribution is -2.45. The minimum Gasteiger partial charge on any atom is -0.342 e. The van der Waals surface area contributed by atoms with Crippen LogP contribution in [0.25, 0.3) is 11.3 Å². The Morgan fingerprint density at radius 2 is 1.86 bits per heavy atom. The van der Waals surface area contributed by atoms with Crippen LogP contribution in [0.4, 0.5) is 0 Å². The molecule has 1 aromatic carbocycles. The third-order valence-corrected chi connectivity index (χ3v) is 6.21. The van der Waals surface area contributed by atoms with Crippen molar-refractivity contribution in [3.8, 4) is 11.3 Å². The minimum atomic E-state index is 0.188. The molecule has 2 saturated heterocycles. The van der Waals surface area contributed by atoms with Gasteiger partial charge in [0.15, 0.2) is 0 Å². The number of piperidine rings is 2. The smallest absolute Gasteiger partial charge is 0.225 e. The SMILES string of the molecule is Cc1cccc(-c2nccnc2[C@H]2CCCN(C(=O)C3CCN(C)CC3)C2)c1. The van der Waals surface area contributed by atoms with Crippen LogP contribution < -0.4 is 0 Å². The predicted octanol–water partition coefficient (Wildman–Crippen LogP) is 3.50. The molecule has 1 amide bonds. The Hall–Kier alpha value is -2.27. The van der Waals surface area contributed by atoms with Crippen LogP contribution >= 0.6 is 0 Å². The minimum absolute atomic E-state index is 0.188. The molecular weight excluding hydrogens is 348 g/mol. The fraction of sp³-hybridized carbons (Fsp3) is 0.522. The van der Waals surface area contributed by atoms with E-state index in [0.29, 0.717) is 5.91 Å². The highest BCUT2D eigenvalue weighted by molar-refractivity contribution is 5.79. The molecule has 1 aromatic heterocycles. The molecule has 148 valence electrons. The molecule has 2 aliphatic heterocycles. The summed E-state index contributed by atoms with van der Waals surface area (Å²) in [6.07, 6.45) is 7.62. The van der Waals surface area contributed by atoms with E-state index in [2.05, 4.69) is 53.0 Å². The highest BCUT2D eigenvalue weighted by Gasteiger charge is 2.32. The van der Waals surface area contributed by atoms with Gasteiger partial charge in [0.2, 0.25) is 5.91 Å². The summed E-state index contributed by atoms with van der Waals surface area (Å²) in [6, 6.07) is 8.44. The summed E-state index contributed by atoms with van der Waals surface area (Å²) in [5, 5.41) is 0. The van der Waals surface area contributed by atoms with Crippen molar-refractivity contribution in [3.05, 3.63) is 47.9 Å². The molecule has 4 rings (SSSR count). The molecule has 0 saturated carbocycles. The van der Waals surface area contributed by atoms with Crippen molar-refractivity contribution in [2.75, 3.05) is 33.2 Å². The number of hydrogen-bond acceptors (Lipinski definition) is 4. The highest BCUT2D eigenvalue weighted by Crippen LogP contribution is 2.33. The number of hydrogen-bond donors (Lipinski definition) is 0. The van der Waals surface area contributed by atoms with E-state index in [1.54, 1.807) is 12.4 Å². The number of likely N-dealkylation sites (tertiary alicyclic amines) is 2. The summed E-state index contributed by atoms with van der Waals surface area (Å²) >= 11 is 0. The molecule has 0 radical (unpaired) electrons. The molecule has 0 unspecified atom stereocenters. The van der Waals surface area contributed by atoms with Crippen LogP contribution in [0.3, 0.4) is 0 Å². The second kappa shape index (κ2) is 8.39. The van der Waals surface area contributed by atoms with Gasteiger partial charge in [-0.1, -0.05) is 23.8 Å². The van der Waals surface area contributed by atoms with Crippen LogP contribution in [0.2, 0.25) is 0 Å². The van der Waals surface area contributed by atoms with Crippen LogP contribution in [-0.4, -0.2) is 58.9 Å². The molecule has 2 fully saturated rings. The zero-order chi connectivity index (χ0) is 19.5. The lowest BCUT2D eigenvalue weighted by atomic mass is 9.89. The van der Waals surface area contributed by atoms with E-state index in [1.807, 2.05) is 0 Å². The second-order valence-corrected chi connectivity index (χ2v) is 8.36. The van der Waals surface area contributed by atoms with Gasteiger partial charge in [0, 0.05) is 42.9 Å². The van der Waals surface area contributed by atoms with Crippen molar-refractivity contribution >= 4 is 5.91 Å². The van der Waals surface area contributed by atoms with Gasteiger partial charge in [-0.05, 0) is 58.8 Å². The maximum atomic E-state index is 13.1. The Morgan fingerprint density at radius 3 is 2.64 bits per heavy atom. The Labute approximate surface area is 167 Å². The molecule has 28 heavy (non-hydrogen) atoms. The van der Waals surface area contributed by atoms with E-state index in [1.165, 1.54) is 5.56 Å². The van der Waals surface area contributed by atoms with Crippen molar-refractivity contribution in [3.63, 3.8) is 0 Å². The fourth-order valence-corrected chi connectivity index (χ4v) is 4.58. The van der Waals surface area contributed by atoms with Gasteiger partial charge in [-0.25, -0.2) is 0 Å². The van der Waals surface area contributed by atoms with E-state index in [4.69, 9.17) is 4.98 Å². The molecule has 0 N–H and O–H groups in total. The number of carbonyl (C=O) groups is 1. The standard InChI is InChI=1S/C23H30N4O/c1-17-5-3-6-19(15-17)21-22(25-11-10-24-21)20-7-4-12-27(16-20)23(28)18-8-13-26(2)14-9-18/h3,5-6,10-11,15,18,20H,4,7-9,12-14,16H2,1-2H3/t20-/m0/s1. The summed E-state index contributed by atoms with van der Waals surface area (Å²) in [6.45, 7) is 5.79. The van der Waals surface area contributed by atoms with Gasteiger partial charge in [0.05, 0.1) is 11.4 Å². The fourth-order valence-electron chi connectivity index (χ4n) is 4.58. The van der Waals surface area contributed by atoms with Crippen LogP contribution in [0, 0.1) is 12.8 Å². The summed E-state index contributed by atoms with van der Waals surface area (Å²) in [4.78, 5) is 26.9. The van der Waals surface area contributed by atoms with Gasteiger partial charge < -0.3 is 9.80 Å². The molecule has 0 aliphatic carbocycles. The second-order valence-electron chi connectivity index (χ2n) is 8.36. The maximum absolute atomic E-state index is 13.1. The van der Waals surface area contributed by atoms with Gasteiger partial charge in [0.25, 0.3) is 0 Å². The first-order valence-corrected chi connectivity index (χ1v) is 10.5. The number of aromatic nitrogens is 2. The van der Waals surface area contributed by atoms with Gasteiger partial charge in [-0.2, -0.15) is 0 Å². The van der Waals surface area contributed by atoms with E-state index in [-0.39, 0.29) is 11.8 Å². The van der Waals surface area contributed by atoms with E-state index >= 15 is 0 Å². The quantitative estimate of drug-likeness (QED) is 0.820. The lowest BCUT2D eigenvalue weighted by molar-refractivity contribution is -0.138. The average molecular weight is 379 g/mol. The Morgan fingerprint density at radius 1 is 1.07 bits per heavy atom. The van der Waals surface area contributed by atoms with Gasteiger partial charge in [0.1, 0.15) is 0 Å². The number of rotatable bonds is 3. The largest absolute Gasteiger partial charge is 0.342 e. The average Bonchev–Trinajstić information content (AvgIpc) is 2.74. The Bertz CT molecular complexity index is 829. The molecule has 2 aliphatic rings. The maximum Gasteiger partial charge on any atom is 0.225 e. The van der Waals surface area contributed by atoms with E-state index < -0.39 is 0 Å². The van der Waals surface area contributed by atoms with Crippen molar-refractivity contribution in [1.82, 2.24) is 19.8 Å².